The summed E-state index contributed by atoms with van der Waals surface area (Å²) in [6, 6.07) is 40.4. The third kappa shape index (κ3) is 12.4. The molecular formula is C47H38Cl2N8O6S2. The summed E-state index contributed by atoms with van der Waals surface area (Å²) in [6.07, 6.45) is 4.94. The van der Waals surface area contributed by atoms with Crippen LogP contribution < -0.4 is 4.74 Å². The summed E-state index contributed by atoms with van der Waals surface area (Å²) in [5.41, 5.74) is 5.66. The second kappa shape index (κ2) is 22.6. The van der Waals surface area contributed by atoms with Crippen LogP contribution in [0.4, 0.5) is 0 Å². The van der Waals surface area contributed by atoms with E-state index in [1.54, 1.807) is 89.8 Å². The maximum atomic E-state index is 11.7. The van der Waals surface area contributed by atoms with E-state index in [4.69, 9.17) is 41.8 Å². The minimum absolute atomic E-state index is 0.362. The number of rotatable bonds is 15. The highest BCUT2D eigenvalue weighted by Crippen LogP contribution is 2.29. The van der Waals surface area contributed by atoms with E-state index in [0.29, 0.717) is 60.4 Å². The van der Waals surface area contributed by atoms with Crippen molar-refractivity contribution in [2.75, 3.05) is 21.3 Å². The van der Waals surface area contributed by atoms with Gasteiger partial charge in [0.25, 0.3) is 0 Å². The number of hydrogen-bond acceptors (Lipinski definition) is 14. The summed E-state index contributed by atoms with van der Waals surface area (Å²) in [6.45, 7) is 0. The third-order valence-corrected chi connectivity index (χ3v) is 11.7. The summed E-state index contributed by atoms with van der Waals surface area (Å²) in [4.78, 5) is 23.2. The van der Waals surface area contributed by atoms with Crippen LogP contribution in [0.5, 0.6) is 5.75 Å². The standard InChI is InChI=1S/C25H21ClN4O3S.C22H17ClN4O3S/c1-32-22-13-5-17(6-14-22)15-27-30-23(19-9-11-21(26)12-10-19)28-29-25(30)34-16-18-3-7-20(8-4-18)24(31)33-2;1-29-21(28)17-6-4-15(5-7-17)14-31-22-26-25-20(16-8-10-18(23)11-9-16)27(22)24-13-19-3-2-12-30-19/h3-15H,16H2,1-2H3;2-13H,14H2,1H3. The highest BCUT2D eigenvalue weighted by atomic mass is 35.5. The minimum atomic E-state index is -0.362. The van der Waals surface area contributed by atoms with Crippen molar-refractivity contribution in [1.29, 1.82) is 0 Å². The number of carbonyl (C=O) groups excluding carboxylic acids is 2. The number of benzene rings is 5. The number of methoxy groups -OCH3 is 3. The number of ether oxygens (including phenoxy) is 3. The molecule has 0 N–H and O–H groups in total. The Kier molecular flexibility index (Phi) is 16.0. The van der Waals surface area contributed by atoms with Crippen LogP contribution in [-0.4, -0.2) is 75.4 Å². The average Bonchev–Trinajstić information content (AvgIpc) is 4.13. The van der Waals surface area contributed by atoms with Gasteiger partial charge in [0.2, 0.25) is 10.3 Å². The molecule has 0 fully saturated rings. The van der Waals surface area contributed by atoms with Gasteiger partial charge in [0.1, 0.15) is 11.5 Å². The Labute approximate surface area is 392 Å². The normalized spacial score (nSPS) is 11.1. The SMILES string of the molecule is COC(=O)c1ccc(CSc2nnc(-c3ccc(Cl)cc3)n2N=Cc2ccc(OC)cc2)cc1.COC(=O)c1ccc(CSc2nnc(-c3ccc(Cl)cc3)n2N=Cc2ccco2)cc1. The van der Waals surface area contributed by atoms with Gasteiger partial charge >= 0.3 is 11.9 Å². The monoisotopic (exact) mass is 944 g/mol. The Morgan fingerprint density at radius 1 is 0.600 bits per heavy atom. The fraction of sp³-hybridized carbons (Fsp3) is 0.106. The summed E-state index contributed by atoms with van der Waals surface area (Å²) in [5.74, 6) is 3.10. The largest absolute Gasteiger partial charge is 0.497 e. The van der Waals surface area contributed by atoms with Gasteiger partial charge in [0.15, 0.2) is 11.6 Å². The second-order valence-electron chi connectivity index (χ2n) is 13.5. The van der Waals surface area contributed by atoms with Gasteiger partial charge in [-0.05, 0) is 126 Å². The Bertz CT molecular complexity index is 2870. The summed E-state index contributed by atoms with van der Waals surface area (Å²) >= 11 is 15.0. The maximum Gasteiger partial charge on any atom is 0.337 e. The quantitative estimate of drug-likeness (QED) is 0.0544. The summed E-state index contributed by atoms with van der Waals surface area (Å²) in [7, 11) is 4.36. The number of esters is 2. The van der Waals surface area contributed by atoms with Crippen molar-refractivity contribution in [2.24, 2.45) is 10.2 Å². The number of thioether (sulfide) groups is 2. The maximum absolute atomic E-state index is 11.7. The van der Waals surface area contributed by atoms with Crippen molar-refractivity contribution in [2.45, 2.75) is 21.8 Å². The summed E-state index contributed by atoms with van der Waals surface area (Å²) < 4.78 is 23.4. The molecule has 18 heteroatoms. The van der Waals surface area contributed by atoms with E-state index < -0.39 is 0 Å². The first-order valence-electron chi connectivity index (χ1n) is 19.5. The minimum Gasteiger partial charge on any atom is -0.497 e. The molecule has 14 nitrogen and oxygen atoms in total. The molecule has 0 aliphatic heterocycles. The van der Waals surface area contributed by atoms with Gasteiger partial charge in [-0.15, -0.1) is 20.4 Å². The number of furan rings is 1. The molecule has 0 aliphatic carbocycles. The molecule has 65 heavy (non-hydrogen) atoms. The fourth-order valence-electron chi connectivity index (χ4n) is 5.78. The zero-order valence-electron chi connectivity index (χ0n) is 34.9. The number of nitrogens with zero attached hydrogens (tertiary/aromatic N) is 8. The number of hydrogen-bond donors (Lipinski definition) is 0. The van der Waals surface area contributed by atoms with E-state index in [-0.39, 0.29) is 11.9 Å². The van der Waals surface area contributed by atoms with Crippen molar-refractivity contribution in [3.63, 3.8) is 0 Å². The lowest BCUT2D eigenvalue weighted by Crippen LogP contribution is -2.00. The van der Waals surface area contributed by atoms with Crippen molar-refractivity contribution < 1.29 is 28.2 Å². The molecular weight excluding hydrogens is 908 g/mol. The van der Waals surface area contributed by atoms with Crippen LogP contribution in [0.1, 0.15) is 43.2 Å². The molecule has 8 rings (SSSR count). The van der Waals surface area contributed by atoms with E-state index in [0.717, 1.165) is 33.6 Å². The fourth-order valence-corrected chi connectivity index (χ4v) is 7.71. The molecule has 0 saturated carbocycles. The predicted octanol–water partition coefficient (Wildman–Crippen LogP) is 10.7. The van der Waals surface area contributed by atoms with Gasteiger partial charge < -0.3 is 18.6 Å². The molecule has 5 aromatic carbocycles. The lowest BCUT2D eigenvalue weighted by Gasteiger charge is -2.06. The number of aromatic nitrogens is 6. The van der Waals surface area contributed by atoms with Crippen LogP contribution >= 0.6 is 46.7 Å². The van der Waals surface area contributed by atoms with E-state index in [1.807, 2.05) is 78.9 Å². The number of halogens is 2. The molecule has 0 spiro atoms. The molecule has 0 bridgehead atoms. The van der Waals surface area contributed by atoms with Gasteiger partial charge in [0.05, 0.1) is 51.1 Å². The van der Waals surface area contributed by atoms with E-state index in [2.05, 4.69) is 30.6 Å². The van der Waals surface area contributed by atoms with Gasteiger partial charge in [-0.25, -0.2) is 9.59 Å². The van der Waals surface area contributed by atoms with Gasteiger partial charge in [-0.1, -0.05) is 71.0 Å². The molecule has 3 heterocycles. The zero-order chi connectivity index (χ0) is 45.5. The second-order valence-corrected chi connectivity index (χ2v) is 16.2. The van der Waals surface area contributed by atoms with Crippen LogP contribution in [-0.2, 0) is 21.0 Å². The predicted molar refractivity (Wildman–Crippen MR) is 253 cm³/mol. The van der Waals surface area contributed by atoms with Gasteiger partial charge in [-0.3, -0.25) is 0 Å². The first-order chi connectivity index (χ1) is 31.7. The molecule has 3 aromatic heterocycles. The van der Waals surface area contributed by atoms with Crippen LogP contribution in [0.3, 0.4) is 0 Å². The van der Waals surface area contributed by atoms with Crippen molar-refractivity contribution in [1.82, 2.24) is 29.7 Å². The Morgan fingerprint density at radius 3 is 1.48 bits per heavy atom. The first-order valence-corrected chi connectivity index (χ1v) is 22.2. The van der Waals surface area contributed by atoms with E-state index >= 15 is 0 Å². The Balaban J connectivity index is 0.000000195. The highest BCUT2D eigenvalue weighted by molar-refractivity contribution is 7.98. The van der Waals surface area contributed by atoms with Gasteiger partial charge in [-0.2, -0.15) is 19.6 Å². The molecule has 0 amide bonds. The van der Waals surface area contributed by atoms with Crippen LogP contribution in [0.2, 0.25) is 10.0 Å². The highest BCUT2D eigenvalue weighted by Gasteiger charge is 2.17. The number of carbonyl (C=O) groups is 2. The van der Waals surface area contributed by atoms with E-state index in [1.165, 1.54) is 37.7 Å². The lowest BCUT2D eigenvalue weighted by molar-refractivity contribution is 0.0592. The third-order valence-electron chi connectivity index (χ3n) is 9.20. The van der Waals surface area contributed by atoms with Crippen LogP contribution in [0.15, 0.2) is 165 Å². The van der Waals surface area contributed by atoms with Crippen molar-refractivity contribution in [3.8, 4) is 28.5 Å². The molecule has 0 atom stereocenters. The smallest absolute Gasteiger partial charge is 0.337 e. The summed E-state index contributed by atoms with van der Waals surface area (Å²) in [5, 5.41) is 29.1. The lowest BCUT2D eigenvalue weighted by atomic mass is 10.1. The van der Waals surface area contributed by atoms with E-state index in [9.17, 15) is 9.59 Å². The van der Waals surface area contributed by atoms with Crippen molar-refractivity contribution in [3.05, 3.63) is 183 Å². The molecule has 0 unspecified atom stereocenters. The molecule has 8 aromatic rings. The van der Waals surface area contributed by atoms with Crippen LogP contribution in [0, 0.1) is 0 Å². The molecule has 0 saturated heterocycles. The van der Waals surface area contributed by atoms with Crippen LogP contribution in [0.25, 0.3) is 22.8 Å². The van der Waals surface area contributed by atoms with Crippen molar-refractivity contribution >= 4 is 71.1 Å². The Morgan fingerprint density at radius 2 is 1.06 bits per heavy atom. The first kappa shape index (κ1) is 46.0. The average molecular weight is 946 g/mol. The topological polar surface area (TPSA) is 161 Å². The molecule has 0 aliphatic rings. The Hall–Kier alpha value is -6.98. The zero-order valence-corrected chi connectivity index (χ0v) is 38.1. The molecule has 328 valence electrons. The van der Waals surface area contributed by atoms with Gasteiger partial charge in [0, 0.05) is 32.7 Å². The molecule has 0 radical (unpaired) electrons.